The number of benzene rings is 1. The predicted molar refractivity (Wildman–Crippen MR) is 115 cm³/mol. The molecule has 0 aliphatic carbocycles. The van der Waals surface area contributed by atoms with E-state index in [4.69, 9.17) is 22.1 Å². The van der Waals surface area contributed by atoms with Gasteiger partial charge >= 0.3 is 12.1 Å². The Balaban J connectivity index is 0.000000451. The Hall–Kier alpha value is -2.89. The van der Waals surface area contributed by atoms with Crippen molar-refractivity contribution in [3.8, 4) is 0 Å². The van der Waals surface area contributed by atoms with Gasteiger partial charge < -0.3 is 25.1 Å². The number of amides is 2. The first-order chi connectivity index (χ1) is 14.9. The van der Waals surface area contributed by atoms with Crippen LogP contribution in [0.25, 0.3) is 0 Å². The second-order valence-electron chi connectivity index (χ2n) is 7.52. The molecule has 2 saturated heterocycles. The molecule has 2 heterocycles. The van der Waals surface area contributed by atoms with Crippen LogP contribution >= 0.6 is 12.2 Å². The third-order valence-corrected chi connectivity index (χ3v) is 5.54. The molecule has 0 radical (unpaired) electrons. The van der Waals surface area contributed by atoms with Crippen LogP contribution in [0.1, 0.15) is 18.4 Å². The van der Waals surface area contributed by atoms with E-state index >= 15 is 0 Å². The van der Waals surface area contributed by atoms with Crippen molar-refractivity contribution in [2.75, 3.05) is 45.2 Å². The first-order valence-corrected chi connectivity index (χ1v) is 10.3. The first kappa shape index (κ1) is 25.4. The molecule has 1 aromatic carbocycles. The van der Waals surface area contributed by atoms with Crippen molar-refractivity contribution < 1.29 is 32.7 Å². The highest BCUT2D eigenvalue weighted by Gasteiger charge is 2.38. The Bertz CT molecular complexity index is 853. The second kappa shape index (κ2) is 10.6. The van der Waals surface area contributed by atoms with Crippen LogP contribution in [-0.4, -0.2) is 90.2 Å². The van der Waals surface area contributed by atoms with E-state index in [1.807, 2.05) is 31.1 Å². The van der Waals surface area contributed by atoms with Gasteiger partial charge in [-0.25, -0.2) is 4.79 Å². The van der Waals surface area contributed by atoms with Crippen molar-refractivity contribution in [1.82, 2.24) is 15.1 Å². The molecule has 176 valence electrons. The van der Waals surface area contributed by atoms with E-state index in [0.29, 0.717) is 25.9 Å². The molecular weight excluding hydrogens is 449 g/mol. The zero-order valence-corrected chi connectivity index (χ0v) is 18.5. The summed E-state index contributed by atoms with van der Waals surface area (Å²) in [6.07, 6.45) is -4.03. The summed E-state index contributed by atoms with van der Waals surface area (Å²) in [4.78, 5) is 39.5. The number of carbonyl (C=O) groups is 3. The topological polar surface area (TPSA) is 93.2 Å². The van der Waals surface area contributed by atoms with Crippen LogP contribution in [0.3, 0.4) is 0 Å². The molecule has 0 aromatic heterocycles. The van der Waals surface area contributed by atoms with Gasteiger partial charge in [-0.15, -0.1) is 0 Å². The zero-order chi connectivity index (χ0) is 24.1. The summed E-state index contributed by atoms with van der Waals surface area (Å²) in [5.74, 6) is -2.75. The number of nitrogens with zero attached hydrogens (tertiary/aromatic N) is 3. The number of hydrogen-bond donors (Lipinski definition) is 2. The van der Waals surface area contributed by atoms with Gasteiger partial charge in [0.05, 0.1) is 0 Å². The SMILES string of the molecule is CN(C)c1ccc(C(=S)N2CCN(C(=O)[C@H]3CCC(=O)N3)CC2)cc1.O=C(O)C(F)(F)F. The van der Waals surface area contributed by atoms with E-state index in [1.54, 1.807) is 0 Å². The third-order valence-electron chi connectivity index (χ3n) is 5.05. The first-order valence-electron chi connectivity index (χ1n) is 9.85. The highest BCUT2D eigenvalue weighted by Crippen LogP contribution is 2.17. The number of nitrogens with one attached hydrogen (secondary N) is 1. The van der Waals surface area contributed by atoms with E-state index in [0.717, 1.165) is 29.3 Å². The fourth-order valence-corrected chi connectivity index (χ4v) is 3.55. The lowest BCUT2D eigenvalue weighted by Gasteiger charge is -2.37. The Labute approximate surface area is 188 Å². The lowest BCUT2D eigenvalue weighted by Crippen LogP contribution is -2.54. The maximum Gasteiger partial charge on any atom is 0.490 e. The summed E-state index contributed by atoms with van der Waals surface area (Å²) in [5, 5.41) is 9.88. The summed E-state index contributed by atoms with van der Waals surface area (Å²) >= 11 is 5.63. The van der Waals surface area contributed by atoms with Crippen LogP contribution in [0.5, 0.6) is 0 Å². The fourth-order valence-electron chi connectivity index (χ4n) is 3.23. The number of piperazine rings is 1. The van der Waals surface area contributed by atoms with Crippen LogP contribution in [0.4, 0.5) is 18.9 Å². The molecule has 8 nitrogen and oxygen atoms in total. The minimum atomic E-state index is -5.08. The van der Waals surface area contributed by atoms with Crippen LogP contribution < -0.4 is 10.2 Å². The second-order valence-corrected chi connectivity index (χ2v) is 7.91. The van der Waals surface area contributed by atoms with E-state index in [1.165, 1.54) is 0 Å². The Morgan fingerprint density at radius 1 is 1.09 bits per heavy atom. The summed E-state index contributed by atoms with van der Waals surface area (Å²) in [6, 6.07) is 7.87. The summed E-state index contributed by atoms with van der Waals surface area (Å²) in [6.45, 7) is 2.73. The van der Waals surface area contributed by atoms with Gasteiger partial charge in [0, 0.05) is 57.9 Å². The number of hydrogen-bond acceptors (Lipinski definition) is 5. The van der Waals surface area contributed by atoms with Gasteiger partial charge in [-0.05, 0) is 30.7 Å². The smallest absolute Gasteiger partial charge is 0.475 e. The Morgan fingerprint density at radius 2 is 1.59 bits per heavy atom. The number of carboxylic acid groups (broad SMARTS) is 1. The van der Waals surface area contributed by atoms with Gasteiger partial charge in [0.15, 0.2) is 0 Å². The molecule has 32 heavy (non-hydrogen) atoms. The van der Waals surface area contributed by atoms with Crippen LogP contribution in [0, 0.1) is 0 Å². The van der Waals surface area contributed by atoms with Gasteiger partial charge in [-0.2, -0.15) is 13.2 Å². The highest BCUT2D eigenvalue weighted by atomic mass is 32.1. The Kier molecular flexibility index (Phi) is 8.42. The van der Waals surface area contributed by atoms with Crippen molar-refractivity contribution in [3.05, 3.63) is 29.8 Å². The lowest BCUT2D eigenvalue weighted by molar-refractivity contribution is -0.192. The number of rotatable bonds is 3. The molecule has 12 heteroatoms. The molecule has 2 fully saturated rings. The van der Waals surface area contributed by atoms with Crippen LogP contribution in [0.2, 0.25) is 0 Å². The third kappa shape index (κ3) is 6.81. The van der Waals surface area contributed by atoms with E-state index in [2.05, 4.69) is 27.2 Å². The standard InChI is InChI=1S/C18H24N4O2S.C2HF3O2/c1-20(2)14-5-3-13(4-6-14)18(25)22-11-9-21(10-12-22)17(24)15-7-8-16(23)19-15;3-2(4,5)1(6)7/h3-6,15H,7-12H2,1-2H3,(H,19,23);(H,6,7)/t15-;/m1./s1. The van der Waals surface area contributed by atoms with Crippen molar-refractivity contribution in [2.24, 2.45) is 0 Å². The summed E-state index contributed by atoms with van der Waals surface area (Å²) in [7, 11) is 4.02. The van der Waals surface area contributed by atoms with Gasteiger partial charge in [0.2, 0.25) is 11.8 Å². The summed E-state index contributed by atoms with van der Waals surface area (Å²) < 4.78 is 31.7. The van der Waals surface area contributed by atoms with Gasteiger partial charge in [0.1, 0.15) is 11.0 Å². The number of halogens is 3. The van der Waals surface area contributed by atoms with Crippen LogP contribution in [-0.2, 0) is 14.4 Å². The van der Waals surface area contributed by atoms with Crippen molar-refractivity contribution in [3.63, 3.8) is 0 Å². The normalized spacial score (nSPS) is 18.4. The molecule has 0 unspecified atom stereocenters. The largest absolute Gasteiger partial charge is 0.490 e. The molecule has 0 saturated carbocycles. The number of aliphatic carboxylic acids is 1. The van der Waals surface area contributed by atoms with E-state index < -0.39 is 12.1 Å². The summed E-state index contributed by atoms with van der Waals surface area (Å²) in [5.41, 5.74) is 2.17. The highest BCUT2D eigenvalue weighted by molar-refractivity contribution is 7.80. The quantitative estimate of drug-likeness (QED) is 0.641. The molecule has 1 aromatic rings. The molecule has 2 aliphatic heterocycles. The van der Waals surface area contributed by atoms with E-state index in [-0.39, 0.29) is 17.9 Å². The maximum absolute atomic E-state index is 12.4. The fraction of sp³-hybridized carbons (Fsp3) is 0.500. The average molecular weight is 475 g/mol. The van der Waals surface area contributed by atoms with Crippen LogP contribution in [0.15, 0.2) is 24.3 Å². The molecule has 3 rings (SSSR count). The molecule has 0 bridgehead atoms. The minimum absolute atomic E-state index is 0.0284. The van der Waals surface area contributed by atoms with Crippen molar-refractivity contribution in [1.29, 1.82) is 0 Å². The van der Waals surface area contributed by atoms with Gasteiger partial charge in [-0.1, -0.05) is 12.2 Å². The number of alkyl halides is 3. The molecule has 2 aliphatic rings. The molecule has 1 atom stereocenters. The zero-order valence-electron chi connectivity index (χ0n) is 17.7. The monoisotopic (exact) mass is 474 g/mol. The Morgan fingerprint density at radius 3 is 2.00 bits per heavy atom. The molecular formula is C20H25F3N4O4S. The number of thiocarbonyl (C=S) groups is 1. The number of anilines is 1. The minimum Gasteiger partial charge on any atom is -0.475 e. The predicted octanol–water partition coefficient (Wildman–Crippen LogP) is 1.48. The molecule has 2 N–H and O–H groups in total. The van der Waals surface area contributed by atoms with Gasteiger partial charge in [0.25, 0.3) is 0 Å². The number of carboxylic acids is 1. The van der Waals surface area contributed by atoms with E-state index in [9.17, 15) is 22.8 Å². The maximum atomic E-state index is 12.4. The molecule has 2 amide bonds. The van der Waals surface area contributed by atoms with Gasteiger partial charge in [-0.3, -0.25) is 9.59 Å². The van der Waals surface area contributed by atoms with Crippen molar-refractivity contribution >= 4 is 40.7 Å². The van der Waals surface area contributed by atoms with Crippen molar-refractivity contribution in [2.45, 2.75) is 25.1 Å². The molecule has 0 spiro atoms. The average Bonchev–Trinajstić information content (AvgIpc) is 3.19. The lowest BCUT2D eigenvalue weighted by atomic mass is 10.1. The number of carbonyl (C=O) groups excluding carboxylic acids is 2.